The van der Waals surface area contributed by atoms with Gasteiger partial charge in [-0.25, -0.2) is 12.7 Å². The molecule has 154 valence electrons. The molecule has 2 fully saturated rings. The molecule has 0 radical (unpaired) electrons. The molecule has 2 saturated heterocycles. The van der Waals surface area contributed by atoms with Crippen molar-refractivity contribution in [2.24, 2.45) is 5.92 Å². The largest absolute Gasteiger partial charge is 0.378 e. The summed E-state index contributed by atoms with van der Waals surface area (Å²) in [6, 6.07) is 7.29. The Labute approximate surface area is 165 Å². The van der Waals surface area contributed by atoms with Crippen LogP contribution in [-0.2, 0) is 30.8 Å². The van der Waals surface area contributed by atoms with Gasteiger partial charge in [0.05, 0.1) is 25.9 Å². The zero-order valence-electron chi connectivity index (χ0n) is 16.1. The monoisotopic (exact) mass is 409 g/mol. The van der Waals surface area contributed by atoms with Gasteiger partial charge in [0.1, 0.15) is 0 Å². The number of hydrogen-bond donors (Lipinski definition) is 1. The van der Waals surface area contributed by atoms with Crippen molar-refractivity contribution in [1.82, 2.24) is 9.21 Å². The normalized spacial score (nSPS) is 19.4. The summed E-state index contributed by atoms with van der Waals surface area (Å²) in [4.78, 5) is 26.5. The number of nitrogens with one attached hydrogen (secondary N) is 1. The van der Waals surface area contributed by atoms with Crippen LogP contribution in [0, 0.1) is 5.92 Å². The third-order valence-electron chi connectivity index (χ3n) is 5.23. The molecule has 2 heterocycles. The van der Waals surface area contributed by atoms with E-state index in [2.05, 4.69) is 5.32 Å². The summed E-state index contributed by atoms with van der Waals surface area (Å²) in [6.07, 6.45) is 2.56. The number of benzene rings is 1. The van der Waals surface area contributed by atoms with Crippen LogP contribution >= 0.6 is 0 Å². The summed E-state index contributed by atoms with van der Waals surface area (Å²) in [7, 11) is -3.19. The van der Waals surface area contributed by atoms with E-state index in [1.54, 1.807) is 12.1 Å². The Morgan fingerprint density at radius 2 is 1.68 bits per heavy atom. The first kappa shape index (κ1) is 20.8. The molecule has 0 saturated carbocycles. The van der Waals surface area contributed by atoms with Crippen LogP contribution < -0.4 is 5.32 Å². The number of hydrogen-bond acceptors (Lipinski definition) is 5. The average molecular weight is 410 g/mol. The van der Waals surface area contributed by atoms with E-state index in [-0.39, 0.29) is 17.7 Å². The number of anilines is 1. The van der Waals surface area contributed by atoms with Gasteiger partial charge in [0.25, 0.3) is 0 Å². The Morgan fingerprint density at radius 3 is 2.25 bits per heavy atom. The maximum absolute atomic E-state index is 12.4. The predicted octanol–water partition coefficient (Wildman–Crippen LogP) is 0.698. The number of carbonyl (C=O) groups is 2. The van der Waals surface area contributed by atoms with Gasteiger partial charge in [0, 0.05) is 37.8 Å². The molecule has 1 aromatic rings. The maximum Gasteiger partial charge on any atom is 0.227 e. The van der Waals surface area contributed by atoms with E-state index in [0.29, 0.717) is 64.3 Å². The van der Waals surface area contributed by atoms with Gasteiger partial charge in [-0.3, -0.25) is 9.59 Å². The molecule has 2 amide bonds. The van der Waals surface area contributed by atoms with Gasteiger partial charge in [0.15, 0.2) is 0 Å². The lowest BCUT2D eigenvalue weighted by Crippen LogP contribution is -2.41. The van der Waals surface area contributed by atoms with Crippen LogP contribution in [0.25, 0.3) is 0 Å². The summed E-state index contributed by atoms with van der Waals surface area (Å²) < 4.78 is 29.8. The highest BCUT2D eigenvalue weighted by molar-refractivity contribution is 7.88. The molecular formula is C19H27N3O5S. The van der Waals surface area contributed by atoms with Crippen LogP contribution in [0.1, 0.15) is 18.4 Å². The van der Waals surface area contributed by atoms with Crippen LogP contribution in [0.2, 0.25) is 0 Å². The van der Waals surface area contributed by atoms with Crippen LogP contribution in [0.4, 0.5) is 5.69 Å². The van der Waals surface area contributed by atoms with Crippen LogP contribution in [0.5, 0.6) is 0 Å². The van der Waals surface area contributed by atoms with Crippen molar-refractivity contribution in [1.29, 1.82) is 0 Å². The number of amides is 2. The first-order valence-corrected chi connectivity index (χ1v) is 11.4. The zero-order valence-corrected chi connectivity index (χ0v) is 16.9. The summed E-state index contributed by atoms with van der Waals surface area (Å²) >= 11 is 0. The molecule has 0 aliphatic carbocycles. The summed E-state index contributed by atoms with van der Waals surface area (Å²) in [5, 5.41) is 2.89. The fourth-order valence-corrected chi connectivity index (χ4v) is 4.37. The van der Waals surface area contributed by atoms with Gasteiger partial charge in [0.2, 0.25) is 21.8 Å². The number of sulfonamides is 1. The Kier molecular flexibility index (Phi) is 6.69. The molecule has 2 aliphatic heterocycles. The van der Waals surface area contributed by atoms with E-state index in [1.807, 2.05) is 17.0 Å². The van der Waals surface area contributed by atoms with E-state index in [9.17, 15) is 18.0 Å². The Hall–Kier alpha value is -1.97. The van der Waals surface area contributed by atoms with Crippen molar-refractivity contribution in [3.63, 3.8) is 0 Å². The van der Waals surface area contributed by atoms with Crippen molar-refractivity contribution >= 4 is 27.5 Å². The molecule has 1 N–H and O–H groups in total. The lowest BCUT2D eigenvalue weighted by molar-refractivity contribution is -0.134. The smallest absolute Gasteiger partial charge is 0.227 e. The summed E-state index contributed by atoms with van der Waals surface area (Å²) in [6.45, 7) is 3.18. The van der Waals surface area contributed by atoms with Crippen molar-refractivity contribution < 1.29 is 22.7 Å². The molecule has 0 aromatic heterocycles. The van der Waals surface area contributed by atoms with Gasteiger partial charge >= 0.3 is 0 Å². The number of piperidine rings is 1. The van der Waals surface area contributed by atoms with Crippen molar-refractivity contribution in [2.75, 3.05) is 51.0 Å². The van der Waals surface area contributed by atoms with Gasteiger partial charge in [-0.05, 0) is 30.5 Å². The molecule has 1 aromatic carbocycles. The fraction of sp³-hybridized carbons (Fsp3) is 0.579. The minimum absolute atomic E-state index is 0.0812. The second-order valence-electron chi connectivity index (χ2n) is 7.29. The third-order valence-corrected chi connectivity index (χ3v) is 6.54. The lowest BCUT2D eigenvalue weighted by Gasteiger charge is -2.29. The molecule has 28 heavy (non-hydrogen) atoms. The summed E-state index contributed by atoms with van der Waals surface area (Å²) in [5.74, 6) is -0.205. The van der Waals surface area contributed by atoms with Crippen molar-refractivity contribution in [3.05, 3.63) is 29.8 Å². The number of morpholine rings is 1. The number of ether oxygens (including phenoxy) is 1. The molecule has 0 spiro atoms. The summed E-state index contributed by atoms with van der Waals surface area (Å²) in [5.41, 5.74) is 1.58. The van der Waals surface area contributed by atoms with E-state index >= 15 is 0 Å². The van der Waals surface area contributed by atoms with Gasteiger partial charge in [-0.1, -0.05) is 12.1 Å². The van der Waals surface area contributed by atoms with E-state index in [0.717, 1.165) is 5.56 Å². The molecule has 9 heteroatoms. The highest BCUT2D eigenvalue weighted by atomic mass is 32.2. The van der Waals surface area contributed by atoms with E-state index < -0.39 is 10.0 Å². The van der Waals surface area contributed by atoms with Crippen LogP contribution in [0.15, 0.2) is 24.3 Å². The fourth-order valence-electron chi connectivity index (χ4n) is 3.50. The number of carbonyl (C=O) groups excluding carboxylic acids is 2. The van der Waals surface area contributed by atoms with Gasteiger partial charge in [-0.15, -0.1) is 0 Å². The molecule has 0 unspecified atom stereocenters. The number of nitrogens with zero attached hydrogens (tertiary/aromatic N) is 2. The number of rotatable bonds is 5. The SMILES string of the molecule is CS(=O)(=O)N1CCC(C(=O)Nc2ccc(CC(=O)N3CCOCC3)cc2)CC1. The van der Waals surface area contributed by atoms with Gasteiger partial charge < -0.3 is 15.0 Å². The molecular weight excluding hydrogens is 382 g/mol. The Balaban J connectivity index is 1.49. The lowest BCUT2D eigenvalue weighted by atomic mass is 9.97. The van der Waals surface area contributed by atoms with Crippen molar-refractivity contribution in [2.45, 2.75) is 19.3 Å². The van der Waals surface area contributed by atoms with E-state index in [1.165, 1.54) is 10.6 Å². The molecule has 0 atom stereocenters. The molecule has 3 rings (SSSR count). The topological polar surface area (TPSA) is 96.0 Å². The average Bonchev–Trinajstić information content (AvgIpc) is 2.69. The van der Waals surface area contributed by atoms with Crippen LogP contribution in [0.3, 0.4) is 0 Å². The van der Waals surface area contributed by atoms with E-state index in [4.69, 9.17) is 4.74 Å². The Morgan fingerprint density at radius 1 is 1.07 bits per heavy atom. The zero-order chi connectivity index (χ0) is 20.1. The maximum atomic E-state index is 12.4. The Bertz CT molecular complexity index is 795. The van der Waals surface area contributed by atoms with Gasteiger partial charge in [-0.2, -0.15) is 0 Å². The molecule has 8 nitrogen and oxygen atoms in total. The standard InChI is InChI=1S/C19H27N3O5S/c1-28(25,26)22-8-6-16(7-9-22)19(24)20-17-4-2-15(3-5-17)14-18(23)21-10-12-27-13-11-21/h2-5,16H,6-14H2,1H3,(H,20,24). The predicted molar refractivity (Wildman–Crippen MR) is 105 cm³/mol. The third kappa shape index (κ3) is 5.52. The van der Waals surface area contributed by atoms with Crippen LogP contribution in [-0.4, -0.2) is 75.1 Å². The minimum Gasteiger partial charge on any atom is -0.378 e. The quantitative estimate of drug-likeness (QED) is 0.772. The highest BCUT2D eigenvalue weighted by Crippen LogP contribution is 2.21. The van der Waals surface area contributed by atoms with Crippen molar-refractivity contribution in [3.8, 4) is 0 Å². The molecule has 2 aliphatic rings. The minimum atomic E-state index is -3.19. The molecule has 0 bridgehead atoms. The highest BCUT2D eigenvalue weighted by Gasteiger charge is 2.29. The first-order valence-electron chi connectivity index (χ1n) is 9.53. The second-order valence-corrected chi connectivity index (χ2v) is 9.27. The first-order chi connectivity index (χ1) is 13.3. The second kappa shape index (κ2) is 9.02.